The summed E-state index contributed by atoms with van der Waals surface area (Å²) < 4.78 is 4.94. The predicted molar refractivity (Wildman–Crippen MR) is 73.3 cm³/mol. The number of aromatic amines is 1. The molecule has 0 saturated heterocycles. The number of aromatic nitrogens is 1. The van der Waals surface area contributed by atoms with Crippen LogP contribution in [0.4, 0.5) is 0 Å². The zero-order valence-electron chi connectivity index (χ0n) is 10.4. The van der Waals surface area contributed by atoms with E-state index < -0.39 is 0 Å². The number of aryl methyl sites for hydroxylation is 1. The molecule has 0 spiro atoms. The van der Waals surface area contributed by atoms with E-state index in [4.69, 9.17) is 4.74 Å². The fourth-order valence-corrected chi connectivity index (χ4v) is 2.41. The number of carbonyl (C=O) groups is 2. The second-order valence-electron chi connectivity index (χ2n) is 4.10. The molecule has 2 rings (SSSR count). The van der Waals surface area contributed by atoms with Crippen LogP contribution >= 0.6 is 11.3 Å². The van der Waals surface area contributed by atoms with E-state index >= 15 is 0 Å². The maximum Gasteiger partial charge on any atom is 0.306 e. The molecule has 5 heteroatoms. The molecule has 0 atom stereocenters. The van der Waals surface area contributed by atoms with Gasteiger partial charge >= 0.3 is 5.97 Å². The number of thiophene rings is 1. The number of rotatable bonds is 7. The molecule has 2 aromatic rings. The average Bonchev–Trinajstić information content (AvgIpc) is 3.08. The van der Waals surface area contributed by atoms with Gasteiger partial charge in [-0.05, 0) is 36.4 Å². The quantitative estimate of drug-likeness (QED) is 0.625. The standard InChI is InChI=1S/C14H15NO3S/c16-13(12-6-2-8-15-12)10-18-14(17)7-1-4-11-5-3-9-19-11/h2-3,5-6,8-9,15H,1,4,7,10H2. The van der Waals surface area contributed by atoms with E-state index in [9.17, 15) is 9.59 Å². The summed E-state index contributed by atoms with van der Waals surface area (Å²) in [5.74, 6) is -0.534. The zero-order chi connectivity index (χ0) is 13.5. The van der Waals surface area contributed by atoms with Crippen LogP contribution in [0.25, 0.3) is 0 Å². The van der Waals surface area contributed by atoms with Gasteiger partial charge in [-0.3, -0.25) is 9.59 Å². The van der Waals surface area contributed by atoms with Gasteiger partial charge in [0, 0.05) is 17.5 Å². The van der Waals surface area contributed by atoms with Gasteiger partial charge in [-0.15, -0.1) is 11.3 Å². The number of hydrogen-bond acceptors (Lipinski definition) is 4. The van der Waals surface area contributed by atoms with Crippen LogP contribution in [-0.2, 0) is 16.0 Å². The monoisotopic (exact) mass is 277 g/mol. The van der Waals surface area contributed by atoms with Crippen molar-refractivity contribution in [2.24, 2.45) is 0 Å². The minimum Gasteiger partial charge on any atom is -0.457 e. The molecule has 100 valence electrons. The van der Waals surface area contributed by atoms with Gasteiger partial charge in [0.1, 0.15) is 0 Å². The van der Waals surface area contributed by atoms with Crippen molar-refractivity contribution >= 4 is 23.1 Å². The van der Waals surface area contributed by atoms with Crippen LogP contribution in [0.5, 0.6) is 0 Å². The normalized spacial score (nSPS) is 10.3. The van der Waals surface area contributed by atoms with E-state index in [1.165, 1.54) is 4.88 Å². The van der Waals surface area contributed by atoms with Gasteiger partial charge in [0.25, 0.3) is 0 Å². The number of carbonyl (C=O) groups excluding carboxylic acids is 2. The van der Waals surface area contributed by atoms with Crippen molar-refractivity contribution in [1.29, 1.82) is 0 Å². The summed E-state index contributed by atoms with van der Waals surface area (Å²) in [5, 5.41) is 2.02. The van der Waals surface area contributed by atoms with E-state index in [0.29, 0.717) is 12.1 Å². The van der Waals surface area contributed by atoms with Crippen molar-refractivity contribution < 1.29 is 14.3 Å². The molecule has 0 saturated carbocycles. The van der Waals surface area contributed by atoms with Crippen molar-refractivity contribution in [3.63, 3.8) is 0 Å². The Balaban J connectivity index is 1.63. The highest BCUT2D eigenvalue weighted by Gasteiger charge is 2.10. The maximum atomic E-state index is 11.6. The third kappa shape index (κ3) is 4.37. The third-order valence-corrected chi connectivity index (χ3v) is 3.58. The Kier molecular flexibility index (Phi) is 4.92. The highest BCUT2D eigenvalue weighted by atomic mass is 32.1. The Morgan fingerprint density at radius 3 is 2.84 bits per heavy atom. The number of esters is 1. The number of ketones is 1. The van der Waals surface area contributed by atoms with E-state index in [-0.39, 0.29) is 18.4 Å². The van der Waals surface area contributed by atoms with Gasteiger partial charge in [0.15, 0.2) is 6.61 Å². The van der Waals surface area contributed by atoms with Crippen LogP contribution in [-0.4, -0.2) is 23.3 Å². The summed E-state index contributed by atoms with van der Waals surface area (Å²) in [6.45, 7) is -0.196. The molecule has 4 nitrogen and oxygen atoms in total. The first kappa shape index (κ1) is 13.5. The Morgan fingerprint density at radius 2 is 2.16 bits per heavy atom. The summed E-state index contributed by atoms with van der Waals surface area (Å²) in [6.07, 6.45) is 3.62. The third-order valence-electron chi connectivity index (χ3n) is 2.65. The van der Waals surface area contributed by atoms with Crippen LogP contribution in [0.1, 0.15) is 28.2 Å². The second kappa shape index (κ2) is 6.89. The molecule has 0 radical (unpaired) electrons. The zero-order valence-corrected chi connectivity index (χ0v) is 11.2. The van der Waals surface area contributed by atoms with Gasteiger partial charge in [0.2, 0.25) is 5.78 Å². The van der Waals surface area contributed by atoms with Crippen LogP contribution in [0.2, 0.25) is 0 Å². The van der Waals surface area contributed by atoms with Gasteiger partial charge in [-0.1, -0.05) is 6.07 Å². The fraction of sp³-hybridized carbons (Fsp3) is 0.286. The lowest BCUT2D eigenvalue weighted by Crippen LogP contribution is -2.14. The molecule has 19 heavy (non-hydrogen) atoms. The molecule has 0 amide bonds. The Hall–Kier alpha value is -1.88. The molecule has 2 aromatic heterocycles. The molecule has 2 heterocycles. The van der Waals surface area contributed by atoms with E-state index in [0.717, 1.165) is 12.8 Å². The highest BCUT2D eigenvalue weighted by molar-refractivity contribution is 7.09. The van der Waals surface area contributed by atoms with Gasteiger partial charge < -0.3 is 9.72 Å². The van der Waals surface area contributed by atoms with Crippen LogP contribution < -0.4 is 0 Å². The first-order chi connectivity index (χ1) is 9.25. The lowest BCUT2D eigenvalue weighted by Gasteiger charge is -2.03. The first-order valence-electron chi connectivity index (χ1n) is 6.10. The van der Waals surface area contributed by atoms with Crippen molar-refractivity contribution in [1.82, 2.24) is 4.98 Å². The van der Waals surface area contributed by atoms with Gasteiger partial charge in [0.05, 0.1) is 5.69 Å². The van der Waals surface area contributed by atoms with Crippen molar-refractivity contribution in [3.05, 3.63) is 46.4 Å². The van der Waals surface area contributed by atoms with E-state index in [1.807, 2.05) is 17.5 Å². The Bertz CT molecular complexity index is 517. The first-order valence-corrected chi connectivity index (χ1v) is 6.98. The Labute approximate surface area is 115 Å². The SMILES string of the molecule is O=C(CCCc1cccs1)OCC(=O)c1ccc[nH]1. The van der Waals surface area contributed by atoms with Crippen molar-refractivity contribution in [3.8, 4) is 0 Å². The molecule has 0 bridgehead atoms. The minimum absolute atomic E-state index is 0.196. The number of nitrogens with one attached hydrogen (secondary N) is 1. The predicted octanol–water partition coefficient (Wildman–Crippen LogP) is 2.83. The van der Waals surface area contributed by atoms with Crippen LogP contribution in [0.3, 0.4) is 0 Å². The summed E-state index contributed by atoms with van der Waals surface area (Å²) in [5.41, 5.74) is 0.464. The minimum atomic E-state index is -0.323. The van der Waals surface area contributed by atoms with Crippen LogP contribution in [0, 0.1) is 0 Å². The summed E-state index contributed by atoms with van der Waals surface area (Å²) in [6, 6.07) is 7.43. The summed E-state index contributed by atoms with van der Waals surface area (Å²) >= 11 is 1.68. The summed E-state index contributed by atoms with van der Waals surface area (Å²) in [7, 11) is 0. The van der Waals surface area contributed by atoms with Gasteiger partial charge in [-0.25, -0.2) is 0 Å². The number of hydrogen-bond donors (Lipinski definition) is 1. The molecular formula is C14H15NO3S. The average molecular weight is 277 g/mol. The second-order valence-corrected chi connectivity index (χ2v) is 5.13. The van der Waals surface area contributed by atoms with Crippen LogP contribution in [0.15, 0.2) is 35.8 Å². The topological polar surface area (TPSA) is 59.2 Å². The van der Waals surface area contributed by atoms with Gasteiger partial charge in [-0.2, -0.15) is 0 Å². The fourth-order valence-electron chi connectivity index (χ4n) is 1.66. The maximum absolute atomic E-state index is 11.6. The lowest BCUT2D eigenvalue weighted by molar-refractivity contribution is -0.142. The van der Waals surface area contributed by atoms with Crippen molar-refractivity contribution in [2.45, 2.75) is 19.3 Å². The molecule has 0 unspecified atom stereocenters. The molecule has 1 N–H and O–H groups in total. The number of H-pyrrole nitrogens is 1. The Morgan fingerprint density at radius 1 is 1.26 bits per heavy atom. The van der Waals surface area contributed by atoms with Crippen molar-refractivity contribution in [2.75, 3.05) is 6.61 Å². The number of ether oxygens (including phenoxy) is 1. The molecule has 0 aromatic carbocycles. The molecule has 0 aliphatic heterocycles. The highest BCUT2D eigenvalue weighted by Crippen LogP contribution is 2.12. The van der Waals surface area contributed by atoms with E-state index in [1.54, 1.807) is 29.7 Å². The smallest absolute Gasteiger partial charge is 0.306 e. The number of Topliss-reactive ketones (excluding diaryl/α,β-unsaturated/α-hetero) is 1. The molecule has 0 fully saturated rings. The summed E-state index contributed by atoms with van der Waals surface area (Å²) in [4.78, 5) is 27.1. The molecular weight excluding hydrogens is 262 g/mol. The lowest BCUT2D eigenvalue weighted by atomic mass is 10.2. The molecule has 0 aliphatic rings. The van der Waals surface area contributed by atoms with E-state index in [2.05, 4.69) is 4.98 Å². The molecule has 0 aliphatic carbocycles. The largest absolute Gasteiger partial charge is 0.457 e.